The van der Waals surface area contributed by atoms with Gasteiger partial charge in [-0.15, -0.1) is 0 Å². The largest absolute Gasteiger partial charge is 0.444 e. The third-order valence-corrected chi connectivity index (χ3v) is 3.11. The highest BCUT2D eigenvalue weighted by Gasteiger charge is 2.27. The number of hydrogen-bond donors (Lipinski definition) is 1. The molecule has 0 saturated carbocycles. The normalized spacial score (nSPS) is 17.5. The molecule has 0 aliphatic carbocycles. The lowest BCUT2D eigenvalue weighted by Gasteiger charge is -2.34. The number of piperidine rings is 1. The monoisotopic (exact) mass is 268 g/mol. The van der Waals surface area contributed by atoms with Gasteiger partial charge < -0.3 is 15.0 Å². The first kappa shape index (κ1) is 15.9. The third-order valence-electron chi connectivity index (χ3n) is 3.11. The minimum Gasteiger partial charge on any atom is -0.444 e. The molecule has 110 valence electrons. The van der Waals surface area contributed by atoms with Crippen LogP contribution >= 0.6 is 0 Å². The van der Waals surface area contributed by atoms with Crippen LogP contribution in [-0.4, -0.2) is 35.7 Å². The Morgan fingerprint density at radius 3 is 2.26 bits per heavy atom. The first-order valence-corrected chi connectivity index (χ1v) is 7.12. The van der Waals surface area contributed by atoms with Crippen molar-refractivity contribution in [2.24, 2.45) is 5.92 Å². The number of nitrogens with zero attached hydrogens (tertiary/aromatic N) is 1. The molecule has 0 radical (unpaired) electrons. The van der Waals surface area contributed by atoms with Crippen LogP contribution in [0.4, 0.5) is 4.79 Å². The van der Waals surface area contributed by atoms with Gasteiger partial charge in [0.2, 0.25) is 0 Å². The SMILES string of the molecule is C=C(NC(C)C)C1CCN(C(=O)OC(C)(C)C)CC1. The van der Waals surface area contributed by atoms with Gasteiger partial charge in [0, 0.05) is 30.7 Å². The summed E-state index contributed by atoms with van der Waals surface area (Å²) >= 11 is 0. The summed E-state index contributed by atoms with van der Waals surface area (Å²) in [6, 6.07) is 0.413. The van der Waals surface area contributed by atoms with E-state index in [9.17, 15) is 4.79 Å². The van der Waals surface area contributed by atoms with E-state index < -0.39 is 5.60 Å². The molecule has 0 aromatic carbocycles. The average Bonchev–Trinajstić information content (AvgIpc) is 2.26. The molecular formula is C15H28N2O2. The Hall–Kier alpha value is -1.19. The van der Waals surface area contributed by atoms with Crippen LogP contribution < -0.4 is 5.32 Å². The average molecular weight is 268 g/mol. The van der Waals surface area contributed by atoms with Crippen molar-refractivity contribution in [3.8, 4) is 0 Å². The van der Waals surface area contributed by atoms with Gasteiger partial charge in [0.15, 0.2) is 0 Å². The number of nitrogens with one attached hydrogen (secondary N) is 1. The fourth-order valence-corrected chi connectivity index (χ4v) is 2.23. The lowest BCUT2D eigenvalue weighted by atomic mass is 9.94. The molecule has 0 spiro atoms. The second-order valence-electron chi connectivity index (χ2n) is 6.57. The minimum absolute atomic E-state index is 0.201. The number of amides is 1. The van der Waals surface area contributed by atoms with Gasteiger partial charge >= 0.3 is 6.09 Å². The Kier molecular flexibility index (Phi) is 5.27. The lowest BCUT2D eigenvalue weighted by molar-refractivity contribution is 0.0192. The highest BCUT2D eigenvalue weighted by atomic mass is 16.6. The zero-order chi connectivity index (χ0) is 14.6. The lowest BCUT2D eigenvalue weighted by Crippen LogP contribution is -2.43. The van der Waals surface area contributed by atoms with E-state index in [1.807, 2.05) is 20.8 Å². The molecule has 1 aliphatic heterocycles. The van der Waals surface area contributed by atoms with Crippen molar-refractivity contribution in [1.82, 2.24) is 10.2 Å². The van der Waals surface area contributed by atoms with Crippen LogP contribution in [0.1, 0.15) is 47.5 Å². The summed E-state index contributed by atoms with van der Waals surface area (Å²) in [5, 5.41) is 3.37. The van der Waals surface area contributed by atoms with Crippen molar-refractivity contribution < 1.29 is 9.53 Å². The number of hydrogen-bond acceptors (Lipinski definition) is 3. The van der Waals surface area contributed by atoms with E-state index in [-0.39, 0.29) is 6.09 Å². The predicted molar refractivity (Wildman–Crippen MR) is 77.9 cm³/mol. The topological polar surface area (TPSA) is 41.6 Å². The maximum Gasteiger partial charge on any atom is 0.410 e. The molecule has 1 amide bonds. The van der Waals surface area contributed by atoms with Crippen LogP contribution in [0.5, 0.6) is 0 Å². The Labute approximate surface area is 117 Å². The van der Waals surface area contributed by atoms with Crippen molar-refractivity contribution in [2.75, 3.05) is 13.1 Å². The predicted octanol–water partition coefficient (Wildman–Crippen LogP) is 3.15. The molecular weight excluding hydrogens is 240 g/mol. The van der Waals surface area contributed by atoms with Gasteiger partial charge in [-0.25, -0.2) is 4.79 Å². The summed E-state index contributed by atoms with van der Waals surface area (Å²) in [6.45, 7) is 15.5. The fraction of sp³-hybridized carbons (Fsp3) is 0.800. The zero-order valence-corrected chi connectivity index (χ0v) is 13.0. The van der Waals surface area contributed by atoms with E-state index in [2.05, 4.69) is 25.7 Å². The number of carbonyl (C=O) groups is 1. The molecule has 0 aromatic heterocycles. The zero-order valence-electron chi connectivity index (χ0n) is 13.0. The first-order chi connectivity index (χ1) is 8.69. The minimum atomic E-state index is -0.420. The van der Waals surface area contributed by atoms with E-state index in [1.165, 1.54) is 0 Å². The number of ether oxygens (including phenoxy) is 1. The van der Waals surface area contributed by atoms with E-state index in [1.54, 1.807) is 4.90 Å². The van der Waals surface area contributed by atoms with Gasteiger partial charge in [0.25, 0.3) is 0 Å². The van der Waals surface area contributed by atoms with E-state index in [0.717, 1.165) is 31.6 Å². The van der Waals surface area contributed by atoms with Crippen LogP contribution in [0.3, 0.4) is 0 Å². The number of carbonyl (C=O) groups excluding carboxylic acids is 1. The maximum absolute atomic E-state index is 11.9. The van der Waals surface area contributed by atoms with Gasteiger partial charge in [0.1, 0.15) is 5.60 Å². The smallest absolute Gasteiger partial charge is 0.410 e. The molecule has 1 rings (SSSR count). The van der Waals surface area contributed by atoms with Crippen molar-refractivity contribution in [3.63, 3.8) is 0 Å². The second kappa shape index (κ2) is 6.31. The molecule has 1 aliphatic rings. The number of allylic oxidation sites excluding steroid dienone is 1. The summed E-state index contributed by atoms with van der Waals surface area (Å²) in [4.78, 5) is 13.7. The van der Waals surface area contributed by atoms with Gasteiger partial charge in [-0.2, -0.15) is 0 Å². The van der Waals surface area contributed by atoms with Gasteiger partial charge in [-0.3, -0.25) is 0 Å². The van der Waals surface area contributed by atoms with E-state index in [4.69, 9.17) is 4.74 Å². The van der Waals surface area contributed by atoms with E-state index >= 15 is 0 Å². The van der Waals surface area contributed by atoms with Crippen molar-refractivity contribution in [3.05, 3.63) is 12.3 Å². The van der Waals surface area contributed by atoms with Crippen LogP contribution in [0.25, 0.3) is 0 Å². The summed E-state index contributed by atoms with van der Waals surface area (Å²) in [6.07, 6.45) is 1.71. The first-order valence-electron chi connectivity index (χ1n) is 7.12. The third kappa shape index (κ3) is 5.53. The molecule has 4 nitrogen and oxygen atoms in total. The maximum atomic E-state index is 11.9. The van der Waals surface area contributed by atoms with Crippen LogP contribution in [-0.2, 0) is 4.74 Å². The Morgan fingerprint density at radius 1 is 1.32 bits per heavy atom. The van der Waals surface area contributed by atoms with Crippen LogP contribution in [0.15, 0.2) is 12.3 Å². The second-order valence-corrected chi connectivity index (χ2v) is 6.57. The molecule has 1 fully saturated rings. The van der Waals surface area contributed by atoms with Crippen LogP contribution in [0.2, 0.25) is 0 Å². The molecule has 1 saturated heterocycles. The van der Waals surface area contributed by atoms with Gasteiger partial charge in [-0.05, 0) is 47.5 Å². The molecule has 0 aromatic rings. The quantitative estimate of drug-likeness (QED) is 0.855. The van der Waals surface area contributed by atoms with Gasteiger partial charge in [0.05, 0.1) is 0 Å². The highest BCUT2D eigenvalue weighted by molar-refractivity contribution is 5.68. The standard InChI is InChI=1S/C15H28N2O2/c1-11(2)16-12(3)13-7-9-17(10-8-13)14(18)19-15(4,5)6/h11,13,16H,3,7-10H2,1-2,4-6H3. The molecule has 1 N–H and O–H groups in total. The molecule has 0 unspecified atom stereocenters. The number of likely N-dealkylation sites (tertiary alicyclic amines) is 1. The number of rotatable bonds is 3. The molecule has 0 bridgehead atoms. The fourth-order valence-electron chi connectivity index (χ4n) is 2.23. The van der Waals surface area contributed by atoms with Crippen molar-refractivity contribution in [1.29, 1.82) is 0 Å². The Bertz CT molecular complexity index is 324. The molecule has 4 heteroatoms. The van der Waals surface area contributed by atoms with E-state index in [0.29, 0.717) is 12.0 Å². The Balaban J connectivity index is 2.40. The van der Waals surface area contributed by atoms with Crippen molar-refractivity contribution >= 4 is 6.09 Å². The molecule has 0 atom stereocenters. The molecule has 1 heterocycles. The summed E-state index contributed by atoms with van der Waals surface area (Å²) in [5.74, 6) is 0.459. The molecule has 19 heavy (non-hydrogen) atoms. The summed E-state index contributed by atoms with van der Waals surface area (Å²) < 4.78 is 5.39. The Morgan fingerprint density at radius 2 is 1.84 bits per heavy atom. The van der Waals surface area contributed by atoms with Gasteiger partial charge in [-0.1, -0.05) is 6.58 Å². The van der Waals surface area contributed by atoms with Crippen LogP contribution in [0, 0.1) is 5.92 Å². The van der Waals surface area contributed by atoms with Crippen molar-refractivity contribution in [2.45, 2.75) is 59.1 Å². The summed E-state index contributed by atoms with van der Waals surface area (Å²) in [7, 11) is 0. The highest BCUT2D eigenvalue weighted by Crippen LogP contribution is 2.23. The summed E-state index contributed by atoms with van der Waals surface area (Å²) in [5.41, 5.74) is 0.676.